The second-order valence-electron chi connectivity index (χ2n) is 8.69. The summed E-state index contributed by atoms with van der Waals surface area (Å²) < 4.78 is 42.2. The molecule has 3 aromatic heterocycles. The first kappa shape index (κ1) is 21.7. The van der Waals surface area contributed by atoms with Crippen LogP contribution in [0.25, 0.3) is 22.5 Å². The number of nitrogens with zero attached hydrogens (tertiary/aromatic N) is 3. The van der Waals surface area contributed by atoms with E-state index in [-0.39, 0.29) is 36.8 Å². The molecule has 1 fully saturated rings. The monoisotopic (exact) mass is 494 g/mol. The Morgan fingerprint density at radius 1 is 1.20 bits per heavy atom. The molecule has 1 unspecified atom stereocenters. The van der Waals surface area contributed by atoms with Crippen molar-refractivity contribution in [3.8, 4) is 23.0 Å². The van der Waals surface area contributed by atoms with Crippen LogP contribution in [0.1, 0.15) is 34.1 Å². The molecular weight excluding hydrogens is 472 g/mol. The average molecular weight is 495 g/mol. The van der Waals surface area contributed by atoms with Crippen molar-refractivity contribution in [2.75, 3.05) is 18.3 Å². The average Bonchev–Trinajstić information content (AvgIpc) is 3.63. The van der Waals surface area contributed by atoms with E-state index >= 15 is 0 Å². The summed E-state index contributed by atoms with van der Waals surface area (Å²) in [6, 6.07) is 10.4. The molecule has 1 saturated heterocycles. The molecule has 0 aliphatic carbocycles. The molecule has 1 atom stereocenters. The molecule has 6 rings (SSSR count). The summed E-state index contributed by atoms with van der Waals surface area (Å²) in [5.74, 6) is 1.63. The van der Waals surface area contributed by atoms with Gasteiger partial charge in [0.05, 0.1) is 40.5 Å². The number of carbonyl (C=O) groups excluding carboxylic acids is 1. The van der Waals surface area contributed by atoms with E-state index in [4.69, 9.17) is 18.9 Å². The van der Waals surface area contributed by atoms with E-state index in [0.29, 0.717) is 51.7 Å². The van der Waals surface area contributed by atoms with Gasteiger partial charge in [-0.3, -0.25) is 4.79 Å². The SMILES string of the molecule is Cc1nn(C2CCS(=O)(=O)C2)c2nc(-c3ccco3)cc(C(=O)NCc3ccc4c(c3)OCO4)c12. The second-order valence-corrected chi connectivity index (χ2v) is 10.9. The van der Waals surface area contributed by atoms with Crippen LogP contribution in [0.4, 0.5) is 0 Å². The minimum Gasteiger partial charge on any atom is -0.463 e. The molecule has 0 bridgehead atoms. The normalized spacial score (nSPS) is 18.3. The van der Waals surface area contributed by atoms with E-state index in [9.17, 15) is 13.2 Å². The zero-order valence-corrected chi connectivity index (χ0v) is 19.7. The third-order valence-corrected chi connectivity index (χ3v) is 8.05. The van der Waals surface area contributed by atoms with E-state index in [1.54, 1.807) is 29.8 Å². The summed E-state index contributed by atoms with van der Waals surface area (Å²) in [7, 11) is -3.13. The molecule has 11 heteroatoms. The lowest BCUT2D eigenvalue weighted by Gasteiger charge is -2.12. The fourth-order valence-electron chi connectivity index (χ4n) is 4.59. The lowest BCUT2D eigenvalue weighted by Crippen LogP contribution is -2.23. The molecule has 35 heavy (non-hydrogen) atoms. The molecule has 1 amide bonds. The van der Waals surface area contributed by atoms with Crippen LogP contribution in [-0.2, 0) is 16.4 Å². The number of aromatic nitrogens is 3. The largest absolute Gasteiger partial charge is 0.463 e. The predicted octanol–water partition coefficient (Wildman–Crippen LogP) is 3.02. The third-order valence-electron chi connectivity index (χ3n) is 6.30. The van der Waals surface area contributed by atoms with Gasteiger partial charge in [-0.2, -0.15) is 5.10 Å². The van der Waals surface area contributed by atoms with Crippen molar-refractivity contribution in [1.29, 1.82) is 0 Å². The number of pyridine rings is 1. The van der Waals surface area contributed by atoms with Gasteiger partial charge in [0, 0.05) is 6.54 Å². The number of amides is 1. The van der Waals surface area contributed by atoms with Crippen molar-refractivity contribution in [3.05, 3.63) is 59.5 Å². The van der Waals surface area contributed by atoms with Crippen molar-refractivity contribution < 1.29 is 27.1 Å². The van der Waals surface area contributed by atoms with Gasteiger partial charge in [-0.15, -0.1) is 0 Å². The number of fused-ring (bicyclic) bond motifs is 2. The van der Waals surface area contributed by atoms with Gasteiger partial charge in [0.2, 0.25) is 6.79 Å². The van der Waals surface area contributed by atoms with Crippen LogP contribution in [0.5, 0.6) is 11.5 Å². The van der Waals surface area contributed by atoms with Gasteiger partial charge in [-0.1, -0.05) is 6.07 Å². The van der Waals surface area contributed by atoms with E-state index in [1.807, 2.05) is 18.2 Å². The van der Waals surface area contributed by atoms with Crippen LogP contribution in [-0.4, -0.2) is 47.4 Å². The fraction of sp³-hybridized carbons (Fsp3) is 0.292. The van der Waals surface area contributed by atoms with Gasteiger partial charge in [-0.05, 0) is 49.2 Å². The van der Waals surface area contributed by atoms with Crippen LogP contribution >= 0.6 is 0 Å². The maximum atomic E-state index is 13.4. The Balaban J connectivity index is 1.39. The maximum absolute atomic E-state index is 13.4. The van der Waals surface area contributed by atoms with Crippen LogP contribution in [0.15, 0.2) is 47.1 Å². The molecule has 180 valence electrons. The number of hydrogen-bond acceptors (Lipinski definition) is 8. The Morgan fingerprint density at radius 2 is 2.06 bits per heavy atom. The fourth-order valence-corrected chi connectivity index (χ4v) is 6.29. The van der Waals surface area contributed by atoms with Crippen LogP contribution in [0, 0.1) is 6.92 Å². The second kappa shape index (κ2) is 8.12. The summed E-state index contributed by atoms with van der Waals surface area (Å²) in [6.45, 7) is 2.26. The minimum atomic E-state index is -3.13. The molecular formula is C24H22N4O6S. The van der Waals surface area contributed by atoms with Gasteiger partial charge in [-0.25, -0.2) is 18.1 Å². The van der Waals surface area contributed by atoms with Gasteiger partial charge in [0.15, 0.2) is 32.7 Å². The van der Waals surface area contributed by atoms with Crippen molar-refractivity contribution in [2.24, 2.45) is 0 Å². The summed E-state index contributed by atoms with van der Waals surface area (Å²) in [4.78, 5) is 18.1. The lowest BCUT2D eigenvalue weighted by atomic mass is 10.1. The number of aryl methyl sites for hydroxylation is 1. The minimum absolute atomic E-state index is 0.00151. The van der Waals surface area contributed by atoms with E-state index in [0.717, 1.165) is 5.56 Å². The van der Waals surface area contributed by atoms with Gasteiger partial charge >= 0.3 is 0 Å². The molecule has 1 N–H and O–H groups in total. The first-order valence-electron chi connectivity index (χ1n) is 11.2. The molecule has 10 nitrogen and oxygen atoms in total. The zero-order valence-electron chi connectivity index (χ0n) is 18.9. The number of hydrogen-bond donors (Lipinski definition) is 1. The molecule has 4 aromatic rings. The number of sulfone groups is 1. The maximum Gasteiger partial charge on any atom is 0.252 e. The molecule has 1 aromatic carbocycles. The predicted molar refractivity (Wildman–Crippen MR) is 126 cm³/mol. The quantitative estimate of drug-likeness (QED) is 0.449. The molecule has 0 saturated carbocycles. The number of furan rings is 1. The standard InChI is InChI=1S/C24H22N4O6S/c1-14-22-17(24(29)25-11-15-4-5-20-21(9-15)34-13-33-20)10-18(19-3-2-7-32-19)26-23(22)28(27-14)16-6-8-35(30,31)12-16/h2-5,7,9-10,16H,6,8,11-13H2,1H3,(H,25,29). The molecule has 0 spiro atoms. The highest BCUT2D eigenvalue weighted by Gasteiger charge is 2.32. The Hall–Kier alpha value is -3.86. The molecule has 0 radical (unpaired) electrons. The highest BCUT2D eigenvalue weighted by atomic mass is 32.2. The summed E-state index contributed by atoms with van der Waals surface area (Å²) >= 11 is 0. The first-order valence-corrected chi connectivity index (χ1v) is 13.0. The number of ether oxygens (including phenoxy) is 2. The van der Waals surface area contributed by atoms with E-state index in [2.05, 4.69) is 10.4 Å². The van der Waals surface area contributed by atoms with Crippen LogP contribution in [0.3, 0.4) is 0 Å². The lowest BCUT2D eigenvalue weighted by molar-refractivity contribution is 0.0952. The van der Waals surface area contributed by atoms with Crippen LogP contribution < -0.4 is 14.8 Å². The Kier molecular flexibility index (Phi) is 5.03. The van der Waals surface area contributed by atoms with Crippen LogP contribution in [0.2, 0.25) is 0 Å². The summed E-state index contributed by atoms with van der Waals surface area (Å²) in [5, 5.41) is 8.16. The van der Waals surface area contributed by atoms with Gasteiger partial charge in [0.1, 0.15) is 5.69 Å². The Morgan fingerprint density at radius 3 is 2.83 bits per heavy atom. The zero-order chi connectivity index (χ0) is 24.2. The van der Waals surface area contributed by atoms with Gasteiger partial charge in [0.25, 0.3) is 5.91 Å². The first-order chi connectivity index (χ1) is 16.9. The summed E-state index contributed by atoms with van der Waals surface area (Å²) in [6.07, 6.45) is 1.99. The van der Waals surface area contributed by atoms with Crippen molar-refractivity contribution >= 4 is 26.8 Å². The smallest absolute Gasteiger partial charge is 0.252 e. The van der Waals surface area contributed by atoms with Crippen molar-refractivity contribution in [3.63, 3.8) is 0 Å². The number of benzene rings is 1. The highest BCUT2D eigenvalue weighted by molar-refractivity contribution is 7.91. The summed E-state index contributed by atoms with van der Waals surface area (Å²) in [5.41, 5.74) is 2.80. The Bertz CT molecular complexity index is 1560. The van der Waals surface area contributed by atoms with Crippen molar-refractivity contribution in [1.82, 2.24) is 20.1 Å². The number of nitrogens with one attached hydrogen (secondary N) is 1. The Labute approximate surface area is 200 Å². The molecule has 2 aliphatic rings. The van der Waals surface area contributed by atoms with Crippen molar-refractivity contribution in [2.45, 2.75) is 25.9 Å². The van der Waals surface area contributed by atoms with E-state index < -0.39 is 9.84 Å². The highest BCUT2D eigenvalue weighted by Crippen LogP contribution is 2.34. The number of rotatable bonds is 5. The third kappa shape index (κ3) is 3.91. The topological polar surface area (TPSA) is 126 Å². The molecule has 2 aliphatic heterocycles. The molecule has 5 heterocycles. The van der Waals surface area contributed by atoms with Gasteiger partial charge < -0.3 is 19.2 Å². The number of carbonyl (C=O) groups is 1. The van der Waals surface area contributed by atoms with E-state index in [1.165, 1.54) is 6.26 Å².